The van der Waals surface area contributed by atoms with E-state index in [2.05, 4.69) is 0 Å². The minimum absolute atomic E-state index is 0.115. The Morgan fingerprint density at radius 3 is 2.44 bits per heavy atom. The van der Waals surface area contributed by atoms with E-state index in [1.807, 2.05) is 43.3 Å². The number of allylic oxidation sites excluding steroid dienone is 1. The molecule has 0 aliphatic carbocycles. The molecule has 0 aromatic heterocycles. The van der Waals surface area contributed by atoms with E-state index in [0.29, 0.717) is 66.0 Å². The number of Topliss-reactive ketones (excluding diaryl/α,β-unsaturated/α-hetero) is 1. The third-order valence-corrected chi connectivity index (χ3v) is 6.68. The van der Waals surface area contributed by atoms with Gasteiger partial charge >= 0.3 is 11.9 Å². The summed E-state index contributed by atoms with van der Waals surface area (Å²) in [5.41, 5.74) is 2.39. The molecule has 0 saturated heterocycles. The molecule has 7 heteroatoms. The number of ether oxygens (including phenoxy) is 4. The SMILES string of the molecule is COc1ccc([C@@H]2CC(=O)Oc3cc4c(c(OC)c32)C(=O)O[C@H](C)CCCC(=O)CCCC=C4)cc1. The van der Waals surface area contributed by atoms with Gasteiger partial charge in [-0.2, -0.15) is 0 Å². The summed E-state index contributed by atoms with van der Waals surface area (Å²) >= 11 is 0. The minimum Gasteiger partial charge on any atom is -0.497 e. The first-order valence-corrected chi connectivity index (χ1v) is 12.4. The van der Waals surface area contributed by atoms with Crippen LogP contribution in [0.5, 0.6) is 17.2 Å². The van der Waals surface area contributed by atoms with Crippen LogP contribution in [0.2, 0.25) is 0 Å². The maximum Gasteiger partial charge on any atom is 0.342 e. The van der Waals surface area contributed by atoms with Crippen LogP contribution in [0.15, 0.2) is 36.4 Å². The number of fused-ring (bicyclic) bond motifs is 2. The van der Waals surface area contributed by atoms with Crippen LogP contribution in [0.4, 0.5) is 0 Å². The lowest BCUT2D eigenvalue weighted by atomic mass is 9.83. The van der Waals surface area contributed by atoms with Crippen molar-refractivity contribution in [2.75, 3.05) is 14.2 Å². The third kappa shape index (κ3) is 5.61. The summed E-state index contributed by atoms with van der Waals surface area (Å²) < 4.78 is 22.5. The molecule has 2 aliphatic rings. The van der Waals surface area contributed by atoms with Gasteiger partial charge in [0.05, 0.1) is 26.7 Å². The number of esters is 2. The molecule has 2 atom stereocenters. The van der Waals surface area contributed by atoms with E-state index in [0.717, 1.165) is 12.0 Å². The van der Waals surface area contributed by atoms with Gasteiger partial charge < -0.3 is 18.9 Å². The Hall–Kier alpha value is -3.61. The van der Waals surface area contributed by atoms with Crippen molar-refractivity contribution >= 4 is 23.8 Å². The average molecular weight is 493 g/mol. The Bertz CT molecular complexity index is 1160. The van der Waals surface area contributed by atoms with Crippen molar-refractivity contribution in [2.24, 2.45) is 0 Å². The predicted octanol–water partition coefficient (Wildman–Crippen LogP) is 5.63. The van der Waals surface area contributed by atoms with E-state index in [1.165, 1.54) is 7.11 Å². The minimum atomic E-state index is -0.504. The van der Waals surface area contributed by atoms with Crippen LogP contribution >= 0.6 is 0 Å². The van der Waals surface area contributed by atoms with Gasteiger partial charge in [-0.3, -0.25) is 9.59 Å². The molecule has 0 amide bonds. The van der Waals surface area contributed by atoms with Crippen LogP contribution in [-0.2, 0) is 14.3 Å². The van der Waals surface area contributed by atoms with E-state index >= 15 is 0 Å². The van der Waals surface area contributed by atoms with E-state index in [1.54, 1.807) is 13.2 Å². The molecule has 2 aliphatic heterocycles. The van der Waals surface area contributed by atoms with Crippen LogP contribution in [-0.4, -0.2) is 38.0 Å². The number of cyclic esters (lactones) is 1. The second kappa shape index (κ2) is 11.4. The van der Waals surface area contributed by atoms with Crippen molar-refractivity contribution < 1.29 is 33.3 Å². The van der Waals surface area contributed by atoms with E-state index < -0.39 is 5.97 Å². The fourth-order valence-electron chi connectivity index (χ4n) is 4.83. The van der Waals surface area contributed by atoms with Gasteiger partial charge in [-0.15, -0.1) is 0 Å². The highest BCUT2D eigenvalue weighted by Crippen LogP contribution is 2.47. The molecule has 0 radical (unpaired) electrons. The molecule has 0 N–H and O–H groups in total. The first kappa shape index (κ1) is 25.5. The summed E-state index contributed by atoms with van der Waals surface area (Å²) in [5, 5.41) is 0. The van der Waals surface area contributed by atoms with Crippen LogP contribution < -0.4 is 14.2 Å². The van der Waals surface area contributed by atoms with Gasteiger partial charge in [-0.1, -0.05) is 24.3 Å². The van der Waals surface area contributed by atoms with Gasteiger partial charge in [0.25, 0.3) is 0 Å². The summed E-state index contributed by atoms with van der Waals surface area (Å²) in [7, 11) is 3.11. The first-order chi connectivity index (χ1) is 17.4. The Morgan fingerprint density at radius 2 is 1.72 bits per heavy atom. The van der Waals surface area contributed by atoms with E-state index in [4.69, 9.17) is 18.9 Å². The lowest BCUT2D eigenvalue weighted by Gasteiger charge is -2.29. The fraction of sp³-hybridized carbons (Fsp3) is 0.414. The zero-order valence-corrected chi connectivity index (χ0v) is 21.0. The van der Waals surface area contributed by atoms with Gasteiger partial charge in [0, 0.05) is 24.3 Å². The predicted molar refractivity (Wildman–Crippen MR) is 135 cm³/mol. The number of ketones is 1. The van der Waals surface area contributed by atoms with Crippen molar-refractivity contribution in [2.45, 2.75) is 63.9 Å². The quantitative estimate of drug-likeness (QED) is 0.405. The van der Waals surface area contributed by atoms with Crippen LogP contribution in [0.3, 0.4) is 0 Å². The molecule has 2 aromatic carbocycles. The van der Waals surface area contributed by atoms with E-state index in [9.17, 15) is 14.4 Å². The molecular formula is C29H32O7. The normalized spacial score (nSPS) is 20.9. The number of methoxy groups -OCH3 is 2. The fourth-order valence-corrected chi connectivity index (χ4v) is 4.83. The van der Waals surface area contributed by atoms with Crippen molar-refractivity contribution in [1.82, 2.24) is 0 Å². The summed E-state index contributed by atoms with van der Waals surface area (Å²) in [6.07, 6.45) is 7.20. The molecule has 190 valence electrons. The van der Waals surface area contributed by atoms with Gasteiger partial charge in [0.2, 0.25) is 0 Å². The molecule has 0 spiro atoms. The molecular weight excluding hydrogens is 460 g/mol. The van der Waals surface area contributed by atoms with Gasteiger partial charge in [0.1, 0.15) is 28.6 Å². The Labute approximate surface area is 211 Å². The maximum atomic E-state index is 13.5. The molecule has 0 saturated carbocycles. The highest BCUT2D eigenvalue weighted by Gasteiger charge is 2.36. The highest BCUT2D eigenvalue weighted by atomic mass is 16.5. The number of hydrogen-bond donors (Lipinski definition) is 0. The van der Waals surface area contributed by atoms with Gasteiger partial charge in [-0.25, -0.2) is 4.79 Å². The molecule has 0 unspecified atom stereocenters. The second-order valence-corrected chi connectivity index (χ2v) is 9.23. The first-order valence-electron chi connectivity index (χ1n) is 12.4. The average Bonchev–Trinajstić information content (AvgIpc) is 2.86. The Balaban J connectivity index is 1.84. The van der Waals surface area contributed by atoms with Gasteiger partial charge in [0.15, 0.2) is 0 Å². The monoisotopic (exact) mass is 492 g/mol. The molecule has 0 bridgehead atoms. The second-order valence-electron chi connectivity index (χ2n) is 9.23. The number of carbonyl (C=O) groups excluding carboxylic acids is 3. The summed E-state index contributed by atoms with van der Waals surface area (Å²) in [4.78, 5) is 38.1. The molecule has 7 nitrogen and oxygen atoms in total. The Morgan fingerprint density at radius 1 is 0.972 bits per heavy atom. The van der Waals surface area contributed by atoms with E-state index in [-0.39, 0.29) is 30.2 Å². The van der Waals surface area contributed by atoms with Crippen LogP contribution in [0, 0.1) is 0 Å². The van der Waals surface area contributed by atoms with Crippen molar-refractivity contribution in [3.8, 4) is 17.2 Å². The number of carbonyl (C=O) groups is 3. The van der Waals surface area contributed by atoms with Gasteiger partial charge in [-0.05, 0) is 61.9 Å². The third-order valence-electron chi connectivity index (χ3n) is 6.68. The van der Waals surface area contributed by atoms with Crippen LogP contribution in [0.25, 0.3) is 6.08 Å². The number of hydrogen-bond acceptors (Lipinski definition) is 7. The Kier molecular flexibility index (Phi) is 8.08. The van der Waals surface area contributed by atoms with Crippen molar-refractivity contribution in [1.29, 1.82) is 0 Å². The number of benzene rings is 2. The largest absolute Gasteiger partial charge is 0.497 e. The molecule has 36 heavy (non-hydrogen) atoms. The summed E-state index contributed by atoms with van der Waals surface area (Å²) in [6.45, 7) is 1.83. The lowest BCUT2D eigenvalue weighted by Crippen LogP contribution is -2.24. The summed E-state index contributed by atoms with van der Waals surface area (Å²) in [5.74, 6) is 0.426. The van der Waals surface area contributed by atoms with Crippen LogP contribution in [0.1, 0.15) is 84.8 Å². The standard InChI is InChI=1S/C29H32O7/c1-18-8-7-11-21(30)10-6-4-5-9-20-16-24-27(28(34-3)26(20)29(32)35-18)23(17-25(31)36-24)19-12-14-22(33-2)15-13-19/h5,9,12-16,18,23H,4,6-8,10-11,17H2,1-3H3/t18-,23+/m1/s1. The molecule has 2 aromatic rings. The smallest absolute Gasteiger partial charge is 0.342 e. The molecule has 2 heterocycles. The zero-order valence-electron chi connectivity index (χ0n) is 21.0. The van der Waals surface area contributed by atoms with Crippen molar-refractivity contribution in [3.05, 3.63) is 58.7 Å². The topological polar surface area (TPSA) is 88.1 Å². The summed E-state index contributed by atoms with van der Waals surface area (Å²) in [6, 6.07) is 9.19. The maximum absolute atomic E-state index is 13.5. The lowest BCUT2D eigenvalue weighted by molar-refractivity contribution is -0.135. The molecule has 4 rings (SSSR count). The van der Waals surface area contributed by atoms with Crippen molar-refractivity contribution in [3.63, 3.8) is 0 Å². The zero-order chi connectivity index (χ0) is 25.7. The number of rotatable bonds is 3. The highest BCUT2D eigenvalue weighted by molar-refractivity contribution is 5.99. The molecule has 0 fully saturated rings.